The lowest BCUT2D eigenvalue weighted by atomic mass is 10.1. The molecule has 4 heteroatoms. The standard InChI is InChI=1S/C15H22N2O2/c1-11(16-14-8-9-17(2)15(14)18)10-12-4-6-13(19-3)7-5-12/h4-7,11,14,16H,8-10H2,1-3H3. The normalized spacial score (nSPS) is 20.7. The maximum atomic E-state index is 11.8. The zero-order valence-electron chi connectivity index (χ0n) is 11.8. The minimum atomic E-state index is -0.0155. The van der Waals surface area contributed by atoms with E-state index >= 15 is 0 Å². The molecule has 4 nitrogen and oxygen atoms in total. The highest BCUT2D eigenvalue weighted by Crippen LogP contribution is 2.14. The monoisotopic (exact) mass is 262 g/mol. The molecule has 0 aliphatic carbocycles. The molecule has 104 valence electrons. The summed E-state index contributed by atoms with van der Waals surface area (Å²) in [6, 6.07) is 8.35. The average Bonchev–Trinajstić information content (AvgIpc) is 2.71. The van der Waals surface area contributed by atoms with Crippen molar-refractivity contribution in [2.24, 2.45) is 0 Å². The predicted octanol–water partition coefficient (Wildman–Crippen LogP) is 1.45. The van der Waals surface area contributed by atoms with Crippen LogP contribution in [0.25, 0.3) is 0 Å². The Labute approximate surface area is 114 Å². The Kier molecular flexibility index (Phi) is 4.43. The third-order valence-electron chi connectivity index (χ3n) is 3.61. The zero-order chi connectivity index (χ0) is 13.8. The molecule has 2 atom stereocenters. The highest BCUT2D eigenvalue weighted by atomic mass is 16.5. The Bertz CT molecular complexity index is 430. The number of rotatable bonds is 5. The molecule has 0 aromatic heterocycles. The molecule has 1 amide bonds. The van der Waals surface area contributed by atoms with Gasteiger partial charge in [0.25, 0.3) is 0 Å². The summed E-state index contributed by atoms with van der Waals surface area (Å²) in [5, 5.41) is 3.41. The van der Waals surface area contributed by atoms with Crippen molar-refractivity contribution in [3.8, 4) is 5.75 Å². The smallest absolute Gasteiger partial charge is 0.239 e. The van der Waals surface area contributed by atoms with E-state index in [-0.39, 0.29) is 18.0 Å². The van der Waals surface area contributed by atoms with Crippen LogP contribution in [0.5, 0.6) is 5.75 Å². The third kappa shape index (κ3) is 3.47. The number of likely N-dealkylation sites (tertiary alicyclic amines) is 1. The molecule has 2 unspecified atom stereocenters. The first kappa shape index (κ1) is 13.9. The van der Waals surface area contributed by atoms with Gasteiger partial charge < -0.3 is 15.0 Å². The topological polar surface area (TPSA) is 41.6 Å². The molecule has 19 heavy (non-hydrogen) atoms. The number of hydrogen-bond donors (Lipinski definition) is 1. The summed E-state index contributed by atoms with van der Waals surface area (Å²) in [5.41, 5.74) is 1.25. The molecule has 1 aromatic carbocycles. The first-order valence-electron chi connectivity index (χ1n) is 6.74. The van der Waals surface area contributed by atoms with Crippen LogP contribution < -0.4 is 10.1 Å². The van der Waals surface area contributed by atoms with Gasteiger partial charge in [0.05, 0.1) is 13.2 Å². The van der Waals surface area contributed by atoms with E-state index in [4.69, 9.17) is 4.74 Å². The lowest BCUT2D eigenvalue weighted by Gasteiger charge is -2.18. The van der Waals surface area contributed by atoms with Gasteiger partial charge in [-0.25, -0.2) is 0 Å². The van der Waals surface area contributed by atoms with E-state index in [1.807, 2.05) is 19.2 Å². The van der Waals surface area contributed by atoms with Gasteiger partial charge in [-0.2, -0.15) is 0 Å². The van der Waals surface area contributed by atoms with Crippen LogP contribution in [0.2, 0.25) is 0 Å². The van der Waals surface area contributed by atoms with Crippen LogP contribution in [0.3, 0.4) is 0 Å². The Morgan fingerprint density at radius 3 is 2.63 bits per heavy atom. The summed E-state index contributed by atoms with van der Waals surface area (Å²) in [5.74, 6) is 1.08. The van der Waals surface area contributed by atoms with Crippen molar-refractivity contribution < 1.29 is 9.53 Å². The summed E-state index contributed by atoms with van der Waals surface area (Å²) in [4.78, 5) is 13.6. The van der Waals surface area contributed by atoms with Crippen molar-refractivity contribution in [2.75, 3.05) is 20.7 Å². The maximum absolute atomic E-state index is 11.8. The highest BCUT2D eigenvalue weighted by molar-refractivity contribution is 5.83. The number of carbonyl (C=O) groups is 1. The second-order valence-electron chi connectivity index (χ2n) is 5.22. The lowest BCUT2D eigenvalue weighted by Crippen LogP contribution is -2.42. The summed E-state index contributed by atoms with van der Waals surface area (Å²) in [7, 11) is 3.53. The van der Waals surface area contributed by atoms with Gasteiger partial charge in [0.2, 0.25) is 5.91 Å². The Morgan fingerprint density at radius 2 is 2.11 bits per heavy atom. The summed E-state index contributed by atoms with van der Waals surface area (Å²) >= 11 is 0. The molecule has 0 bridgehead atoms. The van der Waals surface area contributed by atoms with Gasteiger partial charge in [0, 0.05) is 19.6 Å². The number of likely N-dealkylation sites (N-methyl/N-ethyl adjacent to an activating group) is 1. The molecule has 0 radical (unpaired) electrons. The van der Waals surface area contributed by atoms with Gasteiger partial charge >= 0.3 is 0 Å². The summed E-state index contributed by atoms with van der Waals surface area (Å²) < 4.78 is 5.14. The average molecular weight is 262 g/mol. The fourth-order valence-electron chi connectivity index (χ4n) is 2.49. The van der Waals surface area contributed by atoms with Gasteiger partial charge in [-0.1, -0.05) is 12.1 Å². The van der Waals surface area contributed by atoms with Crippen molar-refractivity contribution in [1.29, 1.82) is 0 Å². The van der Waals surface area contributed by atoms with Crippen LogP contribution in [0.15, 0.2) is 24.3 Å². The van der Waals surface area contributed by atoms with Crippen molar-refractivity contribution >= 4 is 5.91 Å². The van der Waals surface area contributed by atoms with Gasteiger partial charge in [0.15, 0.2) is 0 Å². The molecule has 1 N–H and O–H groups in total. The number of carbonyl (C=O) groups excluding carboxylic acids is 1. The first-order chi connectivity index (χ1) is 9.10. The Morgan fingerprint density at radius 1 is 1.42 bits per heavy atom. The van der Waals surface area contributed by atoms with Gasteiger partial charge in [0.1, 0.15) is 5.75 Å². The van der Waals surface area contributed by atoms with Crippen LogP contribution >= 0.6 is 0 Å². The van der Waals surface area contributed by atoms with E-state index in [1.54, 1.807) is 12.0 Å². The SMILES string of the molecule is COc1ccc(CC(C)NC2CCN(C)C2=O)cc1. The number of ether oxygens (including phenoxy) is 1. The van der Waals surface area contributed by atoms with Crippen LogP contribution in [0.4, 0.5) is 0 Å². The Hall–Kier alpha value is -1.55. The second kappa shape index (κ2) is 6.06. The van der Waals surface area contributed by atoms with E-state index in [0.717, 1.165) is 25.1 Å². The number of hydrogen-bond acceptors (Lipinski definition) is 3. The largest absolute Gasteiger partial charge is 0.497 e. The molecule has 1 aliphatic heterocycles. The quantitative estimate of drug-likeness (QED) is 0.873. The number of methoxy groups -OCH3 is 1. The minimum absolute atomic E-state index is 0.0155. The molecule has 0 spiro atoms. The van der Waals surface area contributed by atoms with Crippen LogP contribution in [0.1, 0.15) is 18.9 Å². The lowest BCUT2D eigenvalue weighted by molar-refractivity contribution is -0.128. The maximum Gasteiger partial charge on any atom is 0.239 e. The molecule has 1 aromatic rings. The van der Waals surface area contributed by atoms with E-state index in [2.05, 4.69) is 24.4 Å². The van der Waals surface area contributed by atoms with Crippen molar-refractivity contribution in [3.05, 3.63) is 29.8 Å². The second-order valence-corrected chi connectivity index (χ2v) is 5.22. The molecule has 1 aliphatic rings. The van der Waals surface area contributed by atoms with Crippen molar-refractivity contribution in [2.45, 2.75) is 31.8 Å². The highest BCUT2D eigenvalue weighted by Gasteiger charge is 2.29. The van der Waals surface area contributed by atoms with Crippen molar-refractivity contribution in [1.82, 2.24) is 10.2 Å². The molecule has 1 fully saturated rings. The predicted molar refractivity (Wildman–Crippen MR) is 75.3 cm³/mol. The summed E-state index contributed by atoms with van der Waals surface area (Å²) in [6.45, 7) is 2.97. The number of amides is 1. The van der Waals surface area contributed by atoms with Gasteiger partial charge in [-0.05, 0) is 37.5 Å². The molecule has 0 saturated carbocycles. The zero-order valence-corrected chi connectivity index (χ0v) is 11.8. The van der Waals surface area contributed by atoms with Gasteiger partial charge in [-0.15, -0.1) is 0 Å². The van der Waals surface area contributed by atoms with E-state index in [0.29, 0.717) is 0 Å². The fraction of sp³-hybridized carbons (Fsp3) is 0.533. The Balaban J connectivity index is 1.86. The molecule has 1 heterocycles. The fourth-order valence-corrected chi connectivity index (χ4v) is 2.49. The first-order valence-corrected chi connectivity index (χ1v) is 6.74. The van der Waals surface area contributed by atoms with E-state index in [9.17, 15) is 4.79 Å². The number of nitrogens with one attached hydrogen (secondary N) is 1. The molecular formula is C15H22N2O2. The van der Waals surface area contributed by atoms with Crippen LogP contribution in [0, 0.1) is 0 Å². The summed E-state index contributed by atoms with van der Waals surface area (Å²) in [6.07, 6.45) is 1.82. The van der Waals surface area contributed by atoms with Crippen LogP contribution in [-0.4, -0.2) is 43.6 Å². The van der Waals surface area contributed by atoms with Gasteiger partial charge in [-0.3, -0.25) is 4.79 Å². The number of nitrogens with zero attached hydrogens (tertiary/aromatic N) is 1. The van der Waals surface area contributed by atoms with Crippen molar-refractivity contribution in [3.63, 3.8) is 0 Å². The van der Waals surface area contributed by atoms with E-state index in [1.165, 1.54) is 5.56 Å². The molecule has 2 rings (SSSR count). The molecule has 1 saturated heterocycles. The van der Waals surface area contributed by atoms with E-state index < -0.39 is 0 Å². The number of benzene rings is 1. The molecular weight excluding hydrogens is 240 g/mol. The minimum Gasteiger partial charge on any atom is -0.497 e. The third-order valence-corrected chi connectivity index (χ3v) is 3.61. The van der Waals surface area contributed by atoms with Crippen LogP contribution in [-0.2, 0) is 11.2 Å².